The molecule has 0 saturated carbocycles. The lowest BCUT2D eigenvalue weighted by Crippen LogP contribution is -2.28. The molecule has 18 heavy (non-hydrogen) atoms. The Labute approximate surface area is 106 Å². The van der Waals surface area contributed by atoms with Gasteiger partial charge in [0.05, 0.1) is 5.41 Å². The normalized spacial score (nSPS) is 11.4. The molecule has 0 spiro atoms. The van der Waals surface area contributed by atoms with Crippen molar-refractivity contribution >= 4 is 5.97 Å². The van der Waals surface area contributed by atoms with E-state index in [1.54, 1.807) is 13.8 Å². The molecule has 1 aromatic heterocycles. The smallest absolute Gasteiger partial charge is 0.313 e. The van der Waals surface area contributed by atoms with E-state index in [0.717, 1.165) is 23.2 Å². The number of rotatable bonds is 4. The zero-order chi connectivity index (χ0) is 13.2. The highest BCUT2D eigenvalue weighted by Gasteiger charge is 2.29. The predicted molar refractivity (Wildman–Crippen MR) is 70.7 cm³/mol. The molecule has 3 nitrogen and oxygen atoms in total. The number of carbonyl (C=O) groups is 1. The summed E-state index contributed by atoms with van der Waals surface area (Å²) in [4.78, 5) is 14.4. The number of aromatic amines is 1. The van der Waals surface area contributed by atoms with E-state index in [9.17, 15) is 9.90 Å². The van der Waals surface area contributed by atoms with Crippen LogP contribution in [0.25, 0.3) is 0 Å². The van der Waals surface area contributed by atoms with Crippen LogP contribution in [-0.4, -0.2) is 16.1 Å². The highest BCUT2D eigenvalue weighted by atomic mass is 16.4. The predicted octanol–water partition coefficient (Wildman–Crippen LogP) is 2.97. The molecular weight excluding hydrogens is 226 g/mol. The maximum atomic E-state index is 11.2. The summed E-state index contributed by atoms with van der Waals surface area (Å²) in [6, 6.07) is 11.7. The largest absolute Gasteiger partial charge is 0.481 e. The molecule has 0 unspecified atom stereocenters. The number of hydrogen-bond acceptors (Lipinski definition) is 1. The molecule has 0 aliphatic rings. The SMILES string of the molecule is CC(C)(C(=O)O)c1cccc(Cc2ccc[nH]2)c1. The van der Waals surface area contributed by atoms with Crippen LogP contribution in [0.3, 0.4) is 0 Å². The molecule has 0 aliphatic carbocycles. The third-order valence-electron chi connectivity index (χ3n) is 3.24. The summed E-state index contributed by atoms with van der Waals surface area (Å²) in [5.74, 6) is -0.806. The topological polar surface area (TPSA) is 53.1 Å². The molecule has 1 aromatic carbocycles. The van der Waals surface area contributed by atoms with E-state index in [-0.39, 0.29) is 0 Å². The summed E-state index contributed by atoms with van der Waals surface area (Å²) >= 11 is 0. The van der Waals surface area contributed by atoms with Crippen molar-refractivity contribution in [1.82, 2.24) is 4.98 Å². The van der Waals surface area contributed by atoms with E-state index in [2.05, 4.69) is 4.98 Å². The van der Waals surface area contributed by atoms with Gasteiger partial charge in [-0.15, -0.1) is 0 Å². The van der Waals surface area contributed by atoms with Crippen LogP contribution in [0.5, 0.6) is 0 Å². The Hall–Kier alpha value is -2.03. The summed E-state index contributed by atoms with van der Waals surface area (Å²) in [7, 11) is 0. The van der Waals surface area contributed by atoms with Crippen molar-refractivity contribution in [2.75, 3.05) is 0 Å². The highest BCUT2D eigenvalue weighted by molar-refractivity contribution is 5.80. The van der Waals surface area contributed by atoms with Gasteiger partial charge in [-0.05, 0) is 37.1 Å². The number of benzene rings is 1. The first-order valence-corrected chi connectivity index (χ1v) is 5.95. The zero-order valence-corrected chi connectivity index (χ0v) is 10.6. The van der Waals surface area contributed by atoms with E-state index in [1.165, 1.54) is 0 Å². The molecule has 0 radical (unpaired) electrons. The van der Waals surface area contributed by atoms with E-state index in [1.807, 2.05) is 42.6 Å². The first-order valence-electron chi connectivity index (χ1n) is 5.95. The highest BCUT2D eigenvalue weighted by Crippen LogP contribution is 2.24. The van der Waals surface area contributed by atoms with Crippen LogP contribution in [0.2, 0.25) is 0 Å². The fourth-order valence-electron chi connectivity index (χ4n) is 1.89. The Morgan fingerprint density at radius 3 is 2.67 bits per heavy atom. The number of aliphatic carboxylic acids is 1. The standard InChI is InChI=1S/C15H17NO2/c1-15(2,14(17)18)12-6-3-5-11(9-12)10-13-7-4-8-16-13/h3-9,16H,10H2,1-2H3,(H,17,18). The molecule has 0 aliphatic heterocycles. The van der Waals surface area contributed by atoms with E-state index >= 15 is 0 Å². The molecule has 2 N–H and O–H groups in total. The average molecular weight is 243 g/mol. The van der Waals surface area contributed by atoms with E-state index in [4.69, 9.17) is 0 Å². The van der Waals surface area contributed by atoms with Gasteiger partial charge in [0.15, 0.2) is 0 Å². The van der Waals surface area contributed by atoms with Crippen LogP contribution < -0.4 is 0 Å². The molecular formula is C15H17NO2. The van der Waals surface area contributed by atoms with Crippen molar-refractivity contribution in [3.63, 3.8) is 0 Å². The Balaban J connectivity index is 2.28. The number of carboxylic acid groups (broad SMARTS) is 1. The number of aromatic nitrogens is 1. The lowest BCUT2D eigenvalue weighted by molar-refractivity contribution is -0.142. The minimum Gasteiger partial charge on any atom is -0.481 e. The van der Waals surface area contributed by atoms with Crippen molar-refractivity contribution in [1.29, 1.82) is 0 Å². The second-order valence-corrected chi connectivity index (χ2v) is 5.00. The van der Waals surface area contributed by atoms with Gasteiger partial charge in [0.25, 0.3) is 0 Å². The van der Waals surface area contributed by atoms with Gasteiger partial charge in [-0.25, -0.2) is 0 Å². The molecule has 0 amide bonds. The van der Waals surface area contributed by atoms with Crippen LogP contribution in [0.15, 0.2) is 42.6 Å². The van der Waals surface area contributed by atoms with Gasteiger partial charge in [-0.2, -0.15) is 0 Å². The van der Waals surface area contributed by atoms with Crippen LogP contribution in [0.1, 0.15) is 30.7 Å². The quantitative estimate of drug-likeness (QED) is 0.867. The summed E-state index contributed by atoms with van der Waals surface area (Å²) in [5, 5.41) is 9.24. The van der Waals surface area contributed by atoms with Crippen LogP contribution in [0, 0.1) is 0 Å². The van der Waals surface area contributed by atoms with Gasteiger partial charge in [0, 0.05) is 18.3 Å². The minimum atomic E-state index is -0.855. The Kier molecular flexibility index (Phi) is 3.24. The Morgan fingerprint density at radius 1 is 1.28 bits per heavy atom. The summed E-state index contributed by atoms with van der Waals surface area (Å²) < 4.78 is 0. The van der Waals surface area contributed by atoms with Crippen molar-refractivity contribution in [3.05, 3.63) is 59.4 Å². The van der Waals surface area contributed by atoms with Gasteiger partial charge < -0.3 is 10.1 Å². The van der Waals surface area contributed by atoms with Gasteiger partial charge >= 0.3 is 5.97 Å². The monoisotopic (exact) mass is 243 g/mol. The van der Waals surface area contributed by atoms with Crippen molar-refractivity contribution in [2.45, 2.75) is 25.7 Å². The molecule has 0 fully saturated rings. The van der Waals surface area contributed by atoms with Crippen molar-refractivity contribution < 1.29 is 9.90 Å². The van der Waals surface area contributed by atoms with Crippen LogP contribution in [-0.2, 0) is 16.6 Å². The zero-order valence-electron chi connectivity index (χ0n) is 10.6. The fourth-order valence-corrected chi connectivity index (χ4v) is 1.89. The maximum Gasteiger partial charge on any atom is 0.313 e. The molecule has 3 heteroatoms. The van der Waals surface area contributed by atoms with Crippen LogP contribution >= 0.6 is 0 Å². The third-order valence-corrected chi connectivity index (χ3v) is 3.24. The van der Waals surface area contributed by atoms with Gasteiger partial charge in [0.2, 0.25) is 0 Å². The molecule has 1 heterocycles. The number of hydrogen-bond donors (Lipinski definition) is 2. The van der Waals surface area contributed by atoms with Crippen LogP contribution in [0.4, 0.5) is 0 Å². The lowest BCUT2D eigenvalue weighted by Gasteiger charge is -2.20. The Morgan fingerprint density at radius 2 is 2.06 bits per heavy atom. The average Bonchev–Trinajstić information content (AvgIpc) is 2.82. The molecule has 0 bridgehead atoms. The summed E-state index contributed by atoms with van der Waals surface area (Å²) in [6.07, 6.45) is 2.68. The first kappa shape index (κ1) is 12.4. The Bertz CT molecular complexity index is 541. The third kappa shape index (κ3) is 2.45. The number of H-pyrrole nitrogens is 1. The van der Waals surface area contributed by atoms with E-state index in [0.29, 0.717) is 0 Å². The fraction of sp³-hybridized carbons (Fsp3) is 0.267. The van der Waals surface area contributed by atoms with Gasteiger partial charge in [0.1, 0.15) is 0 Å². The summed E-state index contributed by atoms with van der Waals surface area (Å²) in [6.45, 7) is 3.45. The molecule has 0 atom stereocenters. The lowest BCUT2D eigenvalue weighted by atomic mass is 9.84. The molecule has 2 rings (SSSR count). The minimum absolute atomic E-state index is 0.788. The van der Waals surface area contributed by atoms with Crippen molar-refractivity contribution in [3.8, 4) is 0 Å². The molecule has 2 aromatic rings. The summed E-state index contributed by atoms with van der Waals surface area (Å²) in [5.41, 5.74) is 2.22. The number of nitrogens with one attached hydrogen (secondary N) is 1. The van der Waals surface area contributed by atoms with Gasteiger partial charge in [-0.1, -0.05) is 24.3 Å². The second kappa shape index (κ2) is 4.69. The molecule has 94 valence electrons. The van der Waals surface area contributed by atoms with Gasteiger partial charge in [-0.3, -0.25) is 4.79 Å². The van der Waals surface area contributed by atoms with Crippen molar-refractivity contribution in [2.24, 2.45) is 0 Å². The van der Waals surface area contributed by atoms with E-state index < -0.39 is 11.4 Å². The molecule has 0 saturated heterocycles. The number of carboxylic acids is 1. The first-order chi connectivity index (χ1) is 8.50. The second-order valence-electron chi connectivity index (χ2n) is 5.00. The maximum absolute atomic E-state index is 11.2.